The summed E-state index contributed by atoms with van der Waals surface area (Å²) < 4.78 is 28.5. The van der Waals surface area contributed by atoms with Crippen LogP contribution in [0.5, 0.6) is 0 Å². The number of benzene rings is 1. The normalized spacial score (nSPS) is 17.4. The lowest BCUT2D eigenvalue weighted by molar-refractivity contribution is 0.0759. The highest BCUT2D eigenvalue weighted by atomic mass is 19.2. The number of hydrogen-bond acceptors (Lipinski definition) is 3. The van der Waals surface area contributed by atoms with Crippen LogP contribution in [-0.2, 0) is 12.8 Å². The number of nitrogens with one attached hydrogen (secondary N) is 1. The van der Waals surface area contributed by atoms with Crippen molar-refractivity contribution >= 4 is 5.91 Å². The molecule has 132 valence electrons. The van der Waals surface area contributed by atoms with Gasteiger partial charge in [0.1, 0.15) is 0 Å². The molecule has 1 aliphatic carbocycles. The van der Waals surface area contributed by atoms with Crippen LogP contribution in [0.3, 0.4) is 0 Å². The van der Waals surface area contributed by atoms with E-state index in [2.05, 4.69) is 10.4 Å². The molecule has 1 N–H and O–H groups in total. The molecule has 1 saturated heterocycles. The maximum absolute atomic E-state index is 13.6. The van der Waals surface area contributed by atoms with E-state index >= 15 is 0 Å². The molecule has 5 nitrogen and oxygen atoms in total. The lowest BCUT2D eigenvalue weighted by Gasteiger charge is -2.19. The second kappa shape index (κ2) is 6.55. The van der Waals surface area contributed by atoms with Crippen LogP contribution in [0.25, 0.3) is 5.69 Å². The Balaban J connectivity index is 1.72. The van der Waals surface area contributed by atoms with Gasteiger partial charge in [-0.15, -0.1) is 0 Å². The van der Waals surface area contributed by atoms with E-state index in [1.807, 2.05) is 4.90 Å². The molecule has 0 atom stereocenters. The number of nitrogens with zero attached hydrogens (tertiary/aromatic N) is 3. The fourth-order valence-corrected chi connectivity index (χ4v) is 3.64. The molecule has 0 spiro atoms. The van der Waals surface area contributed by atoms with Gasteiger partial charge < -0.3 is 10.2 Å². The van der Waals surface area contributed by atoms with Crippen molar-refractivity contribution < 1.29 is 13.6 Å². The molecule has 0 bridgehead atoms. The van der Waals surface area contributed by atoms with Crippen molar-refractivity contribution in [1.82, 2.24) is 20.0 Å². The molecule has 0 saturated carbocycles. The Morgan fingerprint density at radius 1 is 1.08 bits per heavy atom. The van der Waals surface area contributed by atoms with E-state index in [9.17, 15) is 13.6 Å². The Morgan fingerprint density at radius 3 is 2.80 bits per heavy atom. The van der Waals surface area contributed by atoms with Crippen LogP contribution < -0.4 is 5.32 Å². The Labute approximate surface area is 144 Å². The van der Waals surface area contributed by atoms with E-state index in [0.29, 0.717) is 24.5 Å². The molecule has 2 aromatic rings. The summed E-state index contributed by atoms with van der Waals surface area (Å²) in [6.45, 7) is 3.05. The summed E-state index contributed by atoms with van der Waals surface area (Å²) in [4.78, 5) is 14.8. The van der Waals surface area contributed by atoms with Crippen LogP contribution in [0.15, 0.2) is 18.2 Å². The first-order valence-electron chi connectivity index (χ1n) is 8.71. The molecule has 1 fully saturated rings. The van der Waals surface area contributed by atoms with Crippen molar-refractivity contribution in [2.24, 2.45) is 0 Å². The van der Waals surface area contributed by atoms with Gasteiger partial charge in [-0.25, -0.2) is 13.5 Å². The third-order valence-corrected chi connectivity index (χ3v) is 4.91. The number of hydrogen-bond donors (Lipinski definition) is 1. The van der Waals surface area contributed by atoms with Gasteiger partial charge >= 0.3 is 0 Å². The van der Waals surface area contributed by atoms with Crippen molar-refractivity contribution in [3.8, 4) is 5.69 Å². The molecule has 0 radical (unpaired) electrons. The number of carbonyl (C=O) groups is 1. The first-order chi connectivity index (χ1) is 12.1. The molecular formula is C18H20F2N4O. The highest BCUT2D eigenvalue weighted by Gasteiger charge is 2.30. The van der Waals surface area contributed by atoms with Crippen molar-refractivity contribution in [2.75, 3.05) is 26.2 Å². The zero-order chi connectivity index (χ0) is 17.4. The molecule has 2 heterocycles. The second-order valence-electron chi connectivity index (χ2n) is 6.53. The van der Waals surface area contributed by atoms with E-state index in [4.69, 9.17) is 0 Å². The van der Waals surface area contributed by atoms with Gasteiger partial charge in [0.05, 0.1) is 5.69 Å². The standard InChI is InChI=1S/C18H20F2N4O/c19-14-6-5-12(11-15(14)20)24-16-4-1-3-13(16)17(22-24)18(25)23-9-2-7-21-8-10-23/h5-6,11,21H,1-4,7-10H2. The van der Waals surface area contributed by atoms with Crippen LogP contribution in [0.1, 0.15) is 34.6 Å². The summed E-state index contributed by atoms with van der Waals surface area (Å²) >= 11 is 0. The molecule has 1 aromatic carbocycles. The quantitative estimate of drug-likeness (QED) is 0.906. The van der Waals surface area contributed by atoms with Crippen molar-refractivity contribution in [3.05, 3.63) is 46.8 Å². The Hall–Kier alpha value is -2.28. The molecule has 4 rings (SSSR count). The van der Waals surface area contributed by atoms with Gasteiger partial charge in [0, 0.05) is 37.0 Å². The number of amides is 1. The van der Waals surface area contributed by atoms with Gasteiger partial charge in [0.2, 0.25) is 0 Å². The molecule has 7 heteroatoms. The molecular weight excluding hydrogens is 326 g/mol. The summed E-state index contributed by atoms with van der Waals surface area (Å²) in [5.41, 5.74) is 2.79. The van der Waals surface area contributed by atoms with Crippen molar-refractivity contribution in [1.29, 1.82) is 0 Å². The smallest absolute Gasteiger partial charge is 0.274 e. The van der Waals surface area contributed by atoms with Crippen LogP contribution >= 0.6 is 0 Å². The minimum absolute atomic E-state index is 0.0665. The molecule has 1 amide bonds. The number of fused-ring (bicyclic) bond motifs is 1. The van der Waals surface area contributed by atoms with Crippen molar-refractivity contribution in [2.45, 2.75) is 25.7 Å². The Morgan fingerprint density at radius 2 is 1.96 bits per heavy atom. The predicted octanol–water partition coefficient (Wildman–Crippen LogP) is 2.07. The van der Waals surface area contributed by atoms with E-state index in [1.54, 1.807) is 4.68 Å². The molecule has 25 heavy (non-hydrogen) atoms. The maximum Gasteiger partial charge on any atom is 0.274 e. The van der Waals surface area contributed by atoms with Crippen LogP contribution in [0, 0.1) is 11.6 Å². The zero-order valence-corrected chi connectivity index (χ0v) is 13.9. The van der Waals surface area contributed by atoms with Crippen LogP contribution in [-0.4, -0.2) is 46.8 Å². The van der Waals surface area contributed by atoms with Gasteiger partial charge in [-0.1, -0.05) is 0 Å². The molecule has 2 aliphatic rings. The van der Waals surface area contributed by atoms with E-state index in [-0.39, 0.29) is 5.91 Å². The van der Waals surface area contributed by atoms with Gasteiger partial charge in [-0.3, -0.25) is 4.79 Å². The fraction of sp³-hybridized carbons (Fsp3) is 0.444. The van der Waals surface area contributed by atoms with E-state index < -0.39 is 11.6 Å². The average Bonchev–Trinajstić information content (AvgIpc) is 3.10. The lowest BCUT2D eigenvalue weighted by Crippen LogP contribution is -2.35. The summed E-state index contributed by atoms with van der Waals surface area (Å²) in [5.74, 6) is -1.87. The summed E-state index contributed by atoms with van der Waals surface area (Å²) in [7, 11) is 0. The number of rotatable bonds is 2. The second-order valence-corrected chi connectivity index (χ2v) is 6.53. The molecule has 1 aromatic heterocycles. The summed E-state index contributed by atoms with van der Waals surface area (Å²) in [6.07, 6.45) is 3.44. The number of aromatic nitrogens is 2. The predicted molar refractivity (Wildman–Crippen MR) is 88.9 cm³/mol. The van der Waals surface area contributed by atoms with Gasteiger partial charge in [-0.05, 0) is 44.4 Å². The Kier molecular flexibility index (Phi) is 4.25. The minimum atomic E-state index is -0.911. The van der Waals surface area contributed by atoms with E-state index in [1.165, 1.54) is 6.07 Å². The highest BCUT2D eigenvalue weighted by molar-refractivity contribution is 5.94. The third kappa shape index (κ3) is 2.93. The SMILES string of the molecule is O=C(c1nn(-c2ccc(F)c(F)c2)c2c1CCC2)N1CCCNCC1. The number of halogens is 2. The van der Waals surface area contributed by atoms with Gasteiger partial charge in [0.15, 0.2) is 17.3 Å². The van der Waals surface area contributed by atoms with Crippen molar-refractivity contribution in [3.63, 3.8) is 0 Å². The lowest BCUT2D eigenvalue weighted by atomic mass is 10.2. The monoisotopic (exact) mass is 346 g/mol. The number of carbonyl (C=O) groups excluding carboxylic acids is 1. The molecule has 0 unspecified atom stereocenters. The van der Waals surface area contributed by atoms with Crippen LogP contribution in [0.4, 0.5) is 8.78 Å². The van der Waals surface area contributed by atoms with Crippen LogP contribution in [0.2, 0.25) is 0 Å². The highest BCUT2D eigenvalue weighted by Crippen LogP contribution is 2.29. The van der Waals surface area contributed by atoms with E-state index in [0.717, 1.165) is 62.2 Å². The minimum Gasteiger partial charge on any atom is -0.336 e. The first-order valence-corrected chi connectivity index (χ1v) is 8.71. The summed E-state index contributed by atoms with van der Waals surface area (Å²) in [6, 6.07) is 3.72. The summed E-state index contributed by atoms with van der Waals surface area (Å²) in [5, 5.41) is 7.78. The Bertz CT molecular complexity index is 810. The average molecular weight is 346 g/mol. The third-order valence-electron chi connectivity index (χ3n) is 4.91. The zero-order valence-electron chi connectivity index (χ0n) is 13.9. The first kappa shape index (κ1) is 16.2. The fourth-order valence-electron chi connectivity index (χ4n) is 3.64. The topological polar surface area (TPSA) is 50.2 Å². The van der Waals surface area contributed by atoms with Gasteiger partial charge in [0.25, 0.3) is 5.91 Å². The largest absolute Gasteiger partial charge is 0.336 e. The van der Waals surface area contributed by atoms with Gasteiger partial charge in [-0.2, -0.15) is 5.10 Å². The maximum atomic E-state index is 13.6. The molecule has 1 aliphatic heterocycles.